The van der Waals surface area contributed by atoms with Crippen molar-refractivity contribution in [2.75, 3.05) is 12.5 Å². The summed E-state index contributed by atoms with van der Waals surface area (Å²) in [6.07, 6.45) is 3.68. The topological polar surface area (TPSA) is 22.1 Å². The van der Waals surface area contributed by atoms with Crippen molar-refractivity contribution >= 4 is 35.6 Å². The predicted octanol–water partition coefficient (Wildman–Crippen LogP) is 3.95. The lowest BCUT2D eigenvalue weighted by Crippen LogP contribution is -2.01. The van der Waals surface area contributed by atoms with E-state index >= 15 is 0 Å². The zero-order valence-electron chi connectivity index (χ0n) is 9.21. The van der Waals surface area contributed by atoms with Crippen molar-refractivity contribution in [2.45, 2.75) is 25.6 Å². The highest BCUT2D eigenvalue weighted by Gasteiger charge is 2.04. The fraction of sp³-hybridized carbons (Fsp3) is 0.545. The standard InChI is InChI=1S/C11H15Cl2NO.ClH/c1-9-10(8-13)14-6-4-11(9)15-7-3-2-5-12;/h4,6H,2-3,5,7-8H2,1H3;1H. The fourth-order valence-corrected chi connectivity index (χ4v) is 1.69. The van der Waals surface area contributed by atoms with Gasteiger partial charge in [-0.3, -0.25) is 4.98 Å². The number of alkyl halides is 2. The molecule has 0 saturated heterocycles. The van der Waals surface area contributed by atoms with Crippen LogP contribution in [-0.2, 0) is 5.88 Å². The van der Waals surface area contributed by atoms with E-state index in [1.165, 1.54) is 0 Å². The van der Waals surface area contributed by atoms with Gasteiger partial charge >= 0.3 is 0 Å². The molecule has 0 amide bonds. The first-order chi connectivity index (χ1) is 7.29. The quantitative estimate of drug-likeness (QED) is 0.583. The lowest BCUT2D eigenvalue weighted by Gasteiger charge is -2.10. The number of ether oxygens (including phenoxy) is 1. The number of aromatic nitrogens is 1. The highest BCUT2D eigenvalue weighted by Crippen LogP contribution is 2.20. The summed E-state index contributed by atoms with van der Waals surface area (Å²) in [5.74, 6) is 1.98. The molecule has 0 aliphatic heterocycles. The van der Waals surface area contributed by atoms with Gasteiger partial charge < -0.3 is 4.74 Å². The lowest BCUT2D eigenvalue weighted by molar-refractivity contribution is 0.307. The Labute approximate surface area is 113 Å². The molecule has 0 spiro atoms. The average molecular weight is 285 g/mol. The van der Waals surface area contributed by atoms with Gasteiger partial charge in [-0.25, -0.2) is 0 Å². The third-order valence-electron chi connectivity index (χ3n) is 2.17. The molecule has 1 rings (SSSR count). The summed E-state index contributed by atoms with van der Waals surface area (Å²) >= 11 is 11.3. The molecule has 16 heavy (non-hydrogen) atoms. The van der Waals surface area contributed by atoms with E-state index in [1.54, 1.807) is 6.20 Å². The molecular formula is C11H16Cl3NO. The van der Waals surface area contributed by atoms with E-state index in [0.717, 1.165) is 29.8 Å². The molecule has 1 aromatic heterocycles. The van der Waals surface area contributed by atoms with Gasteiger partial charge in [0.25, 0.3) is 0 Å². The molecule has 0 aliphatic rings. The third-order valence-corrected chi connectivity index (χ3v) is 2.69. The summed E-state index contributed by atoms with van der Waals surface area (Å²) in [6.45, 7) is 2.67. The van der Waals surface area contributed by atoms with E-state index in [4.69, 9.17) is 27.9 Å². The van der Waals surface area contributed by atoms with Gasteiger partial charge in [-0.15, -0.1) is 35.6 Å². The normalized spacial score (nSPS) is 9.69. The maximum Gasteiger partial charge on any atom is 0.125 e. The van der Waals surface area contributed by atoms with Gasteiger partial charge in [0, 0.05) is 17.6 Å². The third kappa shape index (κ3) is 4.77. The number of nitrogens with zero attached hydrogens (tertiary/aromatic N) is 1. The number of hydrogen-bond donors (Lipinski definition) is 0. The summed E-state index contributed by atoms with van der Waals surface area (Å²) in [7, 11) is 0. The van der Waals surface area contributed by atoms with Gasteiger partial charge in [0.1, 0.15) is 5.75 Å². The molecule has 0 atom stereocenters. The van der Waals surface area contributed by atoms with Crippen LogP contribution in [0, 0.1) is 6.92 Å². The van der Waals surface area contributed by atoms with Crippen LogP contribution >= 0.6 is 35.6 Å². The Morgan fingerprint density at radius 2 is 2.06 bits per heavy atom. The van der Waals surface area contributed by atoms with Crippen LogP contribution in [0.25, 0.3) is 0 Å². The molecule has 0 bridgehead atoms. The molecule has 0 saturated carbocycles. The molecule has 1 heterocycles. The number of hydrogen-bond acceptors (Lipinski definition) is 2. The summed E-state index contributed by atoms with van der Waals surface area (Å²) in [5.41, 5.74) is 1.91. The van der Waals surface area contributed by atoms with Gasteiger partial charge in [0.05, 0.1) is 18.2 Å². The second-order valence-corrected chi connectivity index (χ2v) is 3.90. The molecule has 0 unspecified atom stereocenters. The maximum atomic E-state index is 5.75. The smallest absolute Gasteiger partial charge is 0.125 e. The Bertz CT molecular complexity index is 307. The molecule has 1 aromatic rings. The van der Waals surface area contributed by atoms with Gasteiger partial charge in [-0.1, -0.05) is 0 Å². The first-order valence-electron chi connectivity index (χ1n) is 4.98. The van der Waals surface area contributed by atoms with E-state index in [-0.39, 0.29) is 12.4 Å². The van der Waals surface area contributed by atoms with E-state index in [0.29, 0.717) is 18.4 Å². The highest BCUT2D eigenvalue weighted by atomic mass is 35.5. The second kappa shape index (κ2) is 8.91. The van der Waals surface area contributed by atoms with E-state index in [2.05, 4.69) is 4.98 Å². The van der Waals surface area contributed by atoms with Crippen molar-refractivity contribution in [3.63, 3.8) is 0 Å². The Morgan fingerprint density at radius 1 is 1.31 bits per heavy atom. The van der Waals surface area contributed by atoms with Crippen LogP contribution in [0.4, 0.5) is 0 Å². The fourth-order valence-electron chi connectivity index (χ4n) is 1.23. The second-order valence-electron chi connectivity index (χ2n) is 3.26. The minimum atomic E-state index is 0. The van der Waals surface area contributed by atoms with Crippen molar-refractivity contribution in [1.29, 1.82) is 0 Å². The van der Waals surface area contributed by atoms with Crippen molar-refractivity contribution < 1.29 is 4.74 Å². The number of unbranched alkanes of at least 4 members (excludes halogenated alkanes) is 1. The largest absolute Gasteiger partial charge is 0.493 e. The SMILES string of the molecule is Cc1c(OCCCCCl)ccnc1CCl.Cl. The van der Waals surface area contributed by atoms with Crippen molar-refractivity contribution in [1.82, 2.24) is 4.98 Å². The Hall–Kier alpha value is -0.180. The zero-order chi connectivity index (χ0) is 11.1. The summed E-state index contributed by atoms with van der Waals surface area (Å²) in [5, 5.41) is 0. The molecule has 92 valence electrons. The molecule has 0 aromatic carbocycles. The van der Waals surface area contributed by atoms with Crippen LogP contribution in [0.5, 0.6) is 5.75 Å². The number of halogens is 3. The number of rotatable bonds is 6. The predicted molar refractivity (Wildman–Crippen MR) is 71.2 cm³/mol. The highest BCUT2D eigenvalue weighted by molar-refractivity contribution is 6.17. The number of pyridine rings is 1. The first-order valence-corrected chi connectivity index (χ1v) is 6.05. The summed E-state index contributed by atoms with van der Waals surface area (Å²) in [6, 6.07) is 1.87. The molecule has 2 nitrogen and oxygen atoms in total. The van der Waals surface area contributed by atoms with Gasteiger partial charge in [-0.05, 0) is 25.8 Å². The van der Waals surface area contributed by atoms with Crippen LogP contribution in [0.2, 0.25) is 0 Å². The zero-order valence-corrected chi connectivity index (χ0v) is 11.5. The first kappa shape index (κ1) is 15.8. The Balaban J connectivity index is 0.00000225. The summed E-state index contributed by atoms with van der Waals surface area (Å²) in [4.78, 5) is 4.17. The maximum absolute atomic E-state index is 5.75. The van der Waals surface area contributed by atoms with E-state index in [9.17, 15) is 0 Å². The van der Waals surface area contributed by atoms with E-state index < -0.39 is 0 Å². The Morgan fingerprint density at radius 3 is 2.69 bits per heavy atom. The molecule has 0 fully saturated rings. The Kier molecular flexibility index (Phi) is 8.81. The lowest BCUT2D eigenvalue weighted by atomic mass is 10.2. The molecule has 5 heteroatoms. The molecular weight excluding hydrogens is 268 g/mol. The van der Waals surface area contributed by atoms with Gasteiger partial charge in [0.2, 0.25) is 0 Å². The minimum absolute atomic E-state index is 0. The van der Waals surface area contributed by atoms with Crippen LogP contribution in [0.3, 0.4) is 0 Å². The molecule has 0 N–H and O–H groups in total. The summed E-state index contributed by atoms with van der Waals surface area (Å²) < 4.78 is 5.62. The van der Waals surface area contributed by atoms with Crippen LogP contribution in [0.1, 0.15) is 24.1 Å². The van der Waals surface area contributed by atoms with Gasteiger partial charge in [-0.2, -0.15) is 0 Å². The van der Waals surface area contributed by atoms with Crippen LogP contribution < -0.4 is 4.74 Å². The van der Waals surface area contributed by atoms with Gasteiger partial charge in [0.15, 0.2) is 0 Å². The molecule has 0 radical (unpaired) electrons. The monoisotopic (exact) mass is 283 g/mol. The van der Waals surface area contributed by atoms with Crippen molar-refractivity contribution in [3.05, 3.63) is 23.5 Å². The van der Waals surface area contributed by atoms with Crippen molar-refractivity contribution in [2.24, 2.45) is 0 Å². The van der Waals surface area contributed by atoms with Crippen molar-refractivity contribution in [3.8, 4) is 5.75 Å². The van der Waals surface area contributed by atoms with E-state index in [1.807, 2.05) is 13.0 Å². The van der Waals surface area contributed by atoms with Crippen LogP contribution in [-0.4, -0.2) is 17.5 Å². The van der Waals surface area contributed by atoms with Crippen LogP contribution in [0.15, 0.2) is 12.3 Å². The molecule has 0 aliphatic carbocycles. The minimum Gasteiger partial charge on any atom is -0.493 e. The average Bonchev–Trinajstić information content (AvgIpc) is 2.26.